The van der Waals surface area contributed by atoms with Gasteiger partial charge >= 0.3 is 0 Å². The highest BCUT2D eigenvalue weighted by Crippen LogP contribution is 2.29. The molecule has 0 saturated carbocycles. The average Bonchev–Trinajstić information content (AvgIpc) is 2.42. The van der Waals surface area contributed by atoms with Crippen molar-refractivity contribution in [2.75, 3.05) is 7.11 Å². The molecule has 2 nitrogen and oxygen atoms in total. The molecule has 1 aromatic rings. The zero-order valence-corrected chi connectivity index (χ0v) is 12.6. The lowest BCUT2D eigenvalue weighted by molar-refractivity contribution is 0.159. The average molecular weight is 264 g/mol. The van der Waals surface area contributed by atoms with Crippen LogP contribution >= 0.6 is 0 Å². The molecule has 0 aliphatic rings. The molecule has 0 aliphatic carbocycles. The molecule has 1 unspecified atom stereocenters. The first-order valence-electron chi connectivity index (χ1n) is 7.51. The minimum atomic E-state index is -0.401. The Labute approximate surface area is 117 Å². The number of hydrogen-bond acceptors (Lipinski definition) is 2. The monoisotopic (exact) mass is 264 g/mol. The van der Waals surface area contributed by atoms with Crippen molar-refractivity contribution < 1.29 is 9.84 Å². The Morgan fingerprint density at radius 2 is 1.79 bits per heavy atom. The lowest BCUT2D eigenvalue weighted by Gasteiger charge is -2.15. The van der Waals surface area contributed by atoms with Crippen molar-refractivity contribution in [2.45, 2.75) is 64.9 Å². The summed E-state index contributed by atoms with van der Waals surface area (Å²) in [5.41, 5.74) is 2.08. The molecule has 0 aliphatic heterocycles. The van der Waals surface area contributed by atoms with E-state index in [1.807, 2.05) is 25.1 Å². The van der Waals surface area contributed by atoms with Crippen LogP contribution in [0.25, 0.3) is 0 Å². The molecule has 0 radical (unpaired) electrons. The summed E-state index contributed by atoms with van der Waals surface area (Å²) >= 11 is 0. The summed E-state index contributed by atoms with van der Waals surface area (Å²) < 4.78 is 5.35. The molecule has 0 heterocycles. The van der Waals surface area contributed by atoms with Crippen molar-refractivity contribution in [1.29, 1.82) is 0 Å². The van der Waals surface area contributed by atoms with E-state index < -0.39 is 6.10 Å². The van der Waals surface area contributed by atoms with E-state index in [-0.39, 0.29) is 0 Å². The van der Waals surface area contributed by atoms with Gasteiger partial charge in [-0.15, -0.1) is 0 Å². The van der Waals surface area contributed by atoms with E-state index in [1.54, 1.807) is 7.11 Å². The van der Waals surface area contributed by atoms with E-state index in [9.17, 15) is 5.11 Å². The molecule has 0 fully saturated rings. The Balaban J connectivity index is 2.38. The highest BCUT2D eigenvalue weighted by Gasteiger charge is 2.12. The van der Waals surface area contributed by atoms with Gasteiger partial charge in [-0.3, -0.25) is 0 Å². The van der Waals surface area contributed by atoms with Gasteiger partial charge in [0, 0.05) is 5.56 Å². The van der Waals surface area contributed by atoms with Crippen LogP contribution in [-0.2, 0) is 0 Å². The van der Waals surface area contributed by atoms with Gasteiger partial charge in [0.2, 0.25) is 0 Å². The van der Waals surface area contributed by atoms with Crippen LogP contribution in [-0.4, -0.2) is 12.2 Å². The van der Waals surface area contributed by atoms with Crippen LogP contribution in [0.1, 0.15) is 69.1 Å². The molecule has 1 N–H and O–H groups in total. The lowest BCUT2D eigenvalue weighted by atomic mass is 10.00. The second-order valence-corrected chi connectivity index (χ2v) is 5.32. The molecule has 0 amide bonds. The number of methoxy groups -OCH3 is 1. The van der Waals surface area contributed by atoms with Gasteiger partial charge < -0.3 is 9.84 Å². The highest BCUT2D eigenvalue weighted by molar-refractivity contribution is 5.38. The Morgan fingerprint density at radius 3 is 2.47 bits per heavy atom. The fourth-order valence-electron chi connectivity index (χ4n) is 2.37. The largest absolute Gasteiger partial charge is 0.496 e. The molecule has 108 valence electrons. The zero-order chi connectivity index (χ0) is 14.1. The fourth-order valence-corrected chi connectivity index (χ4v) is 2.37. The Morgan fingerprint density at radius 1 is 1.11 bits per heavy atom. The normalized spacial score (nSPS) is 12.4. The topological polar surface area (TPSA) is 29.5 Å². The maximum absolute atomic E-state index is 10.2. The van der Waals surface area contributed by atoms with Gasteiger partial charge in [0.05, 0.1) is 13.2 Å². The van der Waals surface area contributed by atoms with Gasteiger partial charge in [-0.05, 0) is 25.0 Å². The number of unbranched alkanes of at least 4 members (excludes halogenated alkanes) is 5. The molecule has 0 spiro atoms. The van der Waals surface area contributed by atoms with Crippen molar-refractivity contribution in [3.63, 3.8) is 0 Å². The molecule has 1 aromatic carbocycles. The summed E-state index contributed by atoms with van der Waals surface area (Å²) in [5.74, 6) is 0.804. The van der Waals surface area contributed by atoms with Crippen molar-refractivity contribution in [2.24, 2.45) is 0 Å². The molecule has 1 rings (SSSR count). The van der Waals surface area contributed by atoms with Gasteiger partial charge in [0.25, 0.3) is 0 Å². The second-order valence-electron chi connectivity index (χ2n) is 5.32. The van der Waals surface area contributed by atoms with Crippen LogP contribution in [0.5, 0.6) is 5.75 Å². The molecular formula is C17H28O2. The molecule has 0 aromatic heterocycles. The second kappa shape index (κ2) is 8.98. The third-order valence-electron chi connectivity index (χ3n) is 3.58. The van der Waals surface area contributed by atoms with Crippen LogP contribution < -0.4 is 4.74 Å². The first-order chi connectivity index (χ1) is 9.19. The fraction of sp³-hybridized carbons (Fsp3) is 0.647. The summed E-state index contributed by atoms with van der Waals surface area (Å²) in [5, 5.41) is 10.2. The number of aliphatic hydroxyl groups is 1. The predicted octanol–water partition coefficient (Wildman–Crippen LogP) is 4.79. The van der Waals surface area contributed by atoms with Crippen LogP contribution in [0.15, 0.2) is 18.2 Å². The standard InChI is InChI=1S/C17H28O2/c1-4-5-6-7-8-9-10-16(18)15-12-11-14(2)13-17(15)19-3/h11-13,16,18H,4-10H2,1-3H3. The lowest BCUT2D eigenvalue weighted by Crippen LogP contribution is -2.01. The predicted molar refractivity (Wildman–Crippen MR) is 80.7 cm³/mol. The Kier molecular flexibility index (Phi) is 7.57. The number of aryl methyl sites for hydroxylation is 1. The number of hydrogen-bond donors (Lipinski definition) is 1. The van der Waals surface area contributed by atoms with Crippen LogP contribution in [0.4, 0.5) is 0 Å². The quantitative estimate of drug-likeness (QED) is 0.650. The molecule has 0 bridgehead atoms. The molecule has 0 saturated heterocycles. The number of benzene rings is 1. The third kappa shape index (κ3) is 5.65. The van der Waals surface area contributed by atoms with Gasteiger partial charge in [-0.25, -0.2) is 0 Å². The Bertz CT molecular complexity index is 360. The van der Waals surface area contributed by atoms with Crippen molar-refractivity contribution in [3.05, 3.63) is 29.3 Å². The van der Waals surface area contributed by atoms with Crippen LogP contribution in [0.3, 0.4) is 0 Å². The Hall–Kier alpha value is -1.02. The maximum Gasteiger partial charge on any atom is 0.124 e. The van der Waals surface area contributed by atoms with E-state index in [2.05, 4.69) is 6.92 Å². The van der Waals surface area contributed by atoms with E-state index in [1.165, 1.54) is 32.1 Å². The number of rotatable bonds is 9. The number of ether oxygens (including phenoxy) is 1. The van der Waals surface area contributed by atoms with Crippen molar-refractivity contribution >= 4 is 0 Å². The van der Waals surface area contributed by atoms with E-state index in [0.717, 1.165) is 29.7 Å². The van der Waals surface area contributed by atoms with Crippen molar-refractivity contribution in [1.82, 2.24) is 0 Å². The summed E-state index contributed by atoms with van der Waals surface area (Å²) in [6.07, 6.45) is 7.93. The maximum atomic E-state index is 10.2. The van der Waals surface area contributed by atoms with Gasteiger partial charge in [0.15, 0.2) is 0 Å². The van der Waals surface area contributed by atoms with Crippen LogP contribution in [0.2, 0.25) is 0 Å². The smallest absolute Gasteiger partial charge is 0.124 e. The van der Waals surface area contributed by atoms with Crippen molar-refractivity contribution in [3.8, 4) is 5.75 Å². The minimum absolute atomic E-state index is 0.401. The van der Waals surface area contributed by atoms with E-state index >= 15 is 0 Å². The first-order valence-corrected chi connectivity index (χ1v) is 7.51. The molecule has 19 heavy (non-hydrogen) atoms. The third-order valence-corrected chi connectivity index (χ3v) is 3.58. The molecule has 2 heteroatoms. The molecular weight excluding hydrogens is 236 g/mol. The summed E-state index contributed by atoms with van der Waals surface area (Å²) in [6.45, 7) is 4.26. The minimum Gasteiger partial charge on any atom is -0.496 e. The summed E-state index contributed by atoms with van der Waals surface area (Å²) in [4.78, 5) is 0. The summed E-state index contributed by atoms with van der Waals surface area (Å²) in [7, 11) is 1.66. The first kappa shape index (κ1) is 16.0. The SMILES string of the molecule is CCCCCCCCC(O)c1ccc(C)cc1OC. The molecule has 1 atom stereocenters. The van der Waals surface area contributed by atoms with Gasteiger partial charge in [-0.2, -0.15) is 0 Å². The summed E-state index contributed by atoms with van der Waals surface area (Å²) in [6, 6.07) is 6.00. The van der Waals surface area contributed by atoms with E-state index in [4.69, 9.17) is 4.74 Å². The van der Waals surface area contributed by atoms with Gasteiger partial charge in [-0.1, -0.05) is 57.6 Å². The van der Waals surface area contributed by atoms with E-state index in [0.29, 0.717) is 0 Å². The van der Waals surface area contributed by atoms with Crippen LogP contribution in [0, 0.1) is 6.92 Å². The van der Waals surface area contributed by atoms with Gasteiger partial charge in [0.1, 0.15) is 5.75 Å². The highest BCUT2D eigenvalue weighted by atomic mass is 16.5. The zero-order valence-electron chi connectivity index (χ0n) is 12.6. The number of aliphatic hydroxyl groups excluding tert-OH is 1.